The fourth-order valence-corrected chi connectivity index (χ4v) is 2.92. The summed E-state index contributed by atoms with van der Waals surface area (Å²) in [5.41, 5.74) is 1.99. The highest BCUT2D eigenvalue weighted by molar-refractivity contribution is 6.50. The van der Waals surface area contributed by atoms with Gasteiger partial charge in [-0.1, -0.05) is 54.1 Å². The predicted octanol–water partition coefficient (Wildman–Crippen LogP) is 4.60. The van der Waals surface area contributed by atoms with E-state index in [0.717, 1.165) is 12.2 Å². The van der Waals surface area contributed by atoms with E-state index in [1.807, 2.05) is 42.2 Å². The van der Waals surface area contributed by atoms with Crippen LogP contribution in [-0.4, -0.2) is 18.1 Å². The molecule has 4 heteroatoms. The van der Waals surface area contributed by atoms with Crippen LogP contribution in [0.2, 0.25) is 0 Å². The third kappa shape index (κ3) is 2.91. The number of halogens is 1. The van der Waals surface area contributed by atoms with Crippen LogP contribution >= 0.6 is 11.6 Å². The van der Waals surface area contributed by atoms with E-state index in [4.69, 9.17) is 11.6 Å². The second kappa shape index (κ2) is 6.85. The van der Waals surface area contributed by atoms with Crippen LogP contribution in [0, 0.1) is 0 Å². The third-order valence-corrected chi connectivity index (χ3v) is 4.32. The topological polar surface area (TPSA) is 37.4 Å². The molecule has 0 N–H and O–H groups in total. The fraction of sp³-hybridized carbons (Fsp3) is 0.100. The average Bonchev–Trinajstić information content (AvgIpc) is 2.63. The van der Waals surface area contributed by atoms with Crippen LogP contribution in [0.4, 0.5) is 5.69 Å². The van der Waals surface area contributed by atoms with E-state index in [2.05, 4.69) is 0 Å². The Morgan fingerprint density at radius 3 is 2.12 bits per heavy atom. The largest absolute Gasteiger partial charge is 0.348 e. The van der Waals surface area contributed by atoms with Crippen molar-refractivity contribution in [2.45, 2.75) is 6.92 Å². The molecule has 0 bridgehead atoms. The molecule has 2 aromatic carbocycles. The van der Waals surface area contributed by atoms with Crippen LogP contribution in [-0.2, 0) is 0 Å². The van der Waals surface area contributed by atoms with Crippen molar-refractivity contribution in [2.24, 2.45) is 0 Å². The summed E-state index contributed by atoms with van der Waals surface area (Å²) in [6.45, 7) is 2.74. The normalized spacial score (nSPS) is 14.2. The molecular weight excluding hydrogens is 322 g/mol. The van der Waals surface area contributed by atoms with Crippen molar-refractivity contribution in [3.05, 3.63) is 88.6 Å². The highest BCUT2D eigenvalue weighted by atomic mass is 35.5. The van der Waals surface area contributed by atoms with Crippen LogP contribution < -0.4 is 4.90 Å². The first-order valence-corrected chi connectivity index (χ1v) is 8.09. The van der Waals surface area contributed by atoms with Gasteiger partial charge in [-0.05, 0) is 25.1 Å². The molecule has 120 valence electrons. The first-order valence-electron chi connectivity index (χ1n) is 7.71. The molecule has 1 aliphatic rings. The summed E-state index contributed by atoms with van der Waals surface area (Å²) in [7, 11) is 0. The summed E-state index contributed by atoms with van der Waals surface area (Å²) in [5, 5.41) is -0.0286. The van der Waals surface area contributed by atoms with Crippen LogP contribution in [0.1, 0.15) is 27.6 Å². The van der Waals surface area contributed by atoms with E-state index in [1.165, 1.54) is 0 Å². The van der Waals surface area contributed by atoms with Gasteiger partial charge in [-0.15, -0.1) is 0 Å². The summed E-state index contributed by atoms with van der Waals surface area (Å²) >= 11 is 6.17. The molecule has 0 spiro atoms. The van der Waals surface area contributed by atoms with Gasteiger partial charge < -0.3 is 4.90 Å². The summed E-state index contributed by atoms with van der Waals surface area (Å²) in [4.78, 5) is 27.0. The second-order valence-electron chi connectivity index (χ2n) is 5.37. The Hall–Kier alpha value is -2.65. The SMILES string of the molecule is CCN(/C=C/C1=C(Cl)C(=O)c2ccccc2C1=O)c1ccccc1. The highest BCUT2D eigenvalue weighted by Gasteiger charge is 2.29. The molecule has 24 heavy (non-hydrogen) atoms. The van der Waals surface area contributed by atoms with Gasteiger partial charge >= 0.3 is 0 Å². The maximum atomic E-state index is 12.6. The van der Waals surface area contributed by atoms with E-state index >= 15 is 0 Å². The number of rotatable bonds is 4. The van der Waals surface area contributed by atoms with Gasteiger partial charge in [0.05, 0.1) is 5.03 Å². The molecule has 0 atom stereocenters. The molecule has 0 heterocycles. The molecule has 0 saturated heterocycles. The van der Waals surface area contributed by atoms with Gasteiger partial charge in [0.25, 0.3) is 0 Å². The van der Waals surface area contributed by atoms with Gasteiger partial charge in [-0.25, -0.2) is 0 Å². The summed E-state index contributed by atoms with van der Waals surface area (Å²) in [6, 6.07) is 16.5. The number of benzene rings is 2. The molecule has 0 unspecified atom stereocenters. The summed E-state index contributed by atoms with van der Waals surface area (Å²) in [6.07, 6.45) is 3.40. The first kappa shape index (κ1) is 16.2. The number of Topliss-reactive ketones (excluding diaryl/α,β-unsaturated/α-hetero) is 2. The lowest BCUT2D eigenvalue weighted by Gasteiger charge is -2.19. The number of carbonyl (C=O) groups is 2. The molecular formula is C20H16ClNO2. The zero-order valence-electron chi connectivity index (χ0n) is 13.2. The molecule has 1 aliphatic carbocycles. The molecule has 0 saturated carbocycles. The zero-order chi connectivity index (χ0) is 17.1. The van der Waals surface area contributed by atoms with Crippen molar-refractivity contribution >= 4 is 28.9 Å². The Kier molecular flexibility index (Phi) is 4.63. The summed E-state index contributed by atoms with van der Waals surface area (Å²) < 4.78 is 0. The van der Waals surface area contributed by atoms with Crippen molar-refractivity contribution in [3.8, 4) is 0 Å². The van der Waals surface area contributed by atoms with Gasteiger partial charge in [-0.3, -0.25) is 9.59 Å². The lowest BCUT2D eigenvalue weighted by Crippen LogP contribution is -2.20. The van der Waals surface area contributed by atoms with Crippen molar-refractivity contribution in [2.75, 3.05) is 11.4 Å². The van der Waals surface area contributed by atoms with Gasteiger partial charge in [0, 0.05) is 35.1 Å². The standard InChI is InChI=1S/C20H16ClNO2/c1-2-22(14-8-4-3-5-9-14)13-12-17-18(21)20(24)16-11-7-6-10-15(16)19(17)23/h3-13H,2H2,1H3/b13-12+. The Bertz CT molecular complexity index is 853. The Balaban J connectivity index is 1.96. The molecule has 3 rings (SSSR count). The van der Waals surface area contributed by atoms with Crippen LogP contribution in [0.5, 0.6) is 0 Å². The smallest absolute Gasteiger partial charge is 0.205 e. The fourth-order valence-electron chi connectivity index (χ4n) is 2.67. The molecule has 2 aromatic rings. The highest BCUT2D eigenvalue weighted by Crippen LogP contribution is 2.29. The third-order valence-electron chi connectivity index (χ3n) is 3.95. The molecule has 0 radical (unpaired) electrons. The number of nitrogens with zero attached hydrogens (tertiary/aromatic N) is 1. The van der Waals surface area contributed by atoms with Crippen molar-refractivity contribution in [1.82, 2.24) is 0 Å². The van der Waals surface area contributed by atoms with Crippen molar-refractivity contribution < 1.29 is 9.59 Å². The minimum absolute atomic E-state index is 0.0286. The second-order valence-corrected chi connectivity index (χ2v) is 5.75. The summed E-state index contributed by atoms with van der Waals surface area (Å²) in [5.74, 6) is -0.537. The Morgan fingerprint density at radius 1 is 0.917 bits per heavy atom. The predicted molar refractivity (Wildman–Crippen MR) is 96.6 cm³/mol. The van der Waals surface area contributed by atoms with Gasteiger partial charge in [-0.2, -0.15) is 0 Å². The van der Waals surface area contributed by atoms with Crippen LogP contribution in [0.25, 0.3) is 0 Å². The van der Waals surface area contributed by atoms with E-state index < -0.39 is 0 Å². The van der Waals surface area contributed by atoms with E-state index in [1.54, 1.807) is 36.5 Å². The number of hydrogen-bond acceptors (Lipinski definition) is 3. The van der Waals surface area contributed by atoms with Crippen LogP contribution in [0.3, 0.4) is 0 Å². The Labute approximate surface area is 145 Å². The molecule has 0 amide bonds. The Morgan fingerprint density at radius 2 is 1.50 bits per heavy atom. The molecule has 3 nitrogen and oxygen atoms in total. The minimum Gasteiger partial charge on any atom is -0.348 e. The molecule has 0 fully saturated rings. The number of hydrogen-bond donors (Lipinski definition) is 0. The lowest BCUT2D eigenvalue weighted by molar-refractivity contribution is 0.0984. The average molecular weight is 338 g/mol. The van der Waals surface area contributed by atoms with Crippen LogP contribution in [0.15, 0.2) is 77.5 Å². The van der Waals surface area contributed by atoms with Crippen molar-refractivity contribution in [3.63, 3.8) is 0 Å². The van der Waals surface area contributed by atoms with E-state index in [0.29, 0.717) is 11.1 Å². The van der Waals surface area contributed by atoms with Crippen molar-refractivity contribution in [1.29, 1.82) is 0 Å². The zero-order valence-corrected chi connectivity index (χ0v) is 14.0. The maximum Gasteiger partial charge on any atom is 0.205 e. The number of carbonyl (C=O) groups excluding carboxylic acids is 2. The number of fused-ring (bicyclic) bond motifs is 1. The minimum atomic E-state index is -0.311. The number of para-hydroxylation sites is 1. The van der Waals surface area contributed by atoms with E-state index in [9.17, 15) is 9.59 Å². The number of ketones is 2. The monoisotopic (exact) mass is 337 g/mol. The molecule has 0 aromatic heterocycles. The molecule has 0 aliphatic heterocycles. The first-order chi connectivity index (χ1) is 11.6. The van der Waals surface area contributed by atoms with Gasteiger partial charge in [0.2, 0.25) is 5.78 Å². The van der Waals surface area contributed by atoms with Gasteiger partial charge in [0.15, 0.2) is 5.78 Å². The van der Waals surface area contributed by atoms with E-state index in [-0.39, 0.29) is 22.2 Å². The maximum absolute atomic E-state index is 12.6. The lowest BCUT2D eigenvalue weighted by atomic mass is 9.89. The quantitative estimate of drug-likeness (QED) is 0.818. The number of anilines is 1. The number of allylic oxidation sites excluding steroid dienone is 3. The van der Waals surface area contributed by atoms with Gasteiger partial charge in [0.1, 0.15) is 0 Å².